The van der Waals surface area contributed by atoms with Crippen molar-refractivity contribution in [2.24, 2.45) is 0 Å². The molecule has 0 saturated heterocycles. The van der Waals surface area contributed by atoms with Crippen LogP contribution < -0.4 is 14.8 Å². The van der Waals surface area contributed by atoms with E-state index in [1.165, 1.54) is 24.1 Å². The molecule has 1 heterocycles. The first-order valence-electron chi connectivity index (χ1n) is 9.06. The highest BCUT2D eigenvalue weighted by molar-refractivity contribution is 7.92. The third-order valence-corrected chi connectivity index (χ3v) is 6.49. The molecule has 0 aliphatic heterocycles. The Kier molecular flexibility index (Phi) is 6.90. The van der Waals surface area contributed by atoms with Gasteiger partial charge in [0, 0.05) is 17.0 Å². The molecule has 0 radical (unpaired) electrons. The molecule has 0 saturated carbocycles. The van der Waals surface area contributed by atoms with Gasteiger partial charge in [-0.15, -0.1) is 11.3 Å². The molecule has 0 aliphatic rings. The summed E-state index contributed by atoms with van der Waals surface area (Å²) in [5.41, 5.74) is 0.784. The normalized spacial score (nSPS) is 11.1. The topological polar surface area (TPSA) is 84.5 Å². The molecule has 3 rings (SSSR count). The number of benzene rings is 2. The Bertz CT molecular complexity index is 1060. The predicted octanol–water partition coefficient (Wildman–Crippen LogP) is 4.52. The Morgan fingerprint density at radius 3 is 2.66 bits per heavy atom. The lowest BCUT2D eigenvalue weighted by Crippen LogP contribution is -2.15. The Balaban J connectivity index is 1.64. The van der Waals surface area contributed by atoms with Crippen molar-refractivity contribution in [1.82, 2.24) is 0 Å². The Labute approximate surface area is 174 Å². The van der Waals surface area contributed by atoms with Gasteiger partial charge in [-0.3, -0.25) is 9.52 Å². The minimum atomic E-state index is -3.83. The number of anilines is 2. The van der Waals surface area contributed by atoms with Gasteiger partial charge in [-0.2, -0.15) is 0 Å². The lowest BCUT2D eigenvalue weighted by molar-refractivity contribution is -0.116. The lowest BCUT2D eigenvalue weighted by atomic mass is 10.2. The monoisotopic (exact) mass is 430 g/mol. The quantitative estimate of drug-likeness (QED) is 0.523. The number of methoxy groups -OCH3 is 1. The van der Waals surface area contributed by atoms with Crippen LogP contribution in [0.25, 0.3) is 0 Å². The van der Waals surface area contributed by atoms with Gasteiger partial charge in [0.2, 0.25) is 5.91 Å². The minimum absolute atomic E-state index is 0.0554. The average Bonchev–Trinajstić information content (AvgIpc) is 3.22. The van der Waals surface area contributed by atoms with Crippen molar-refractivity contribution in [2.45, 2.75) is 24.2 Å². The largest absolute Gasteiger partial charge is 0.495 e. The van der Waals surface area contributed by atoms with Crippen molar-refractivity contribution in [3.63, 3.8) is 0 Å². The zero-order valence-electron chi connectivity index (χ0n) is 15.9. The Morgan fingerprint density at radius 1 is 1.07 bits per heavy atom. The lowest BCUT2D eigenvalue weighted by Gasteiger charge is -2.12. The molecule has 0 bridgehead atoms. The van der Waals surface area contributed by atoms with E-state index in [0.717, 1.165) is 12.8 Å². The van der Waals surface area contributed by atoms with Crippen LogP contribution in [0.1, 0.15) is 17.7 Å². The van der Waals surface area contributed by atoms with Crippen LogP contribution in [-0.2, 0) is 21.2 Å². The van der Waals surface area contributed by atoms with Gasteiger partial charge < -0.3 is 10.1 Å². The fourth-order valence-corrected chi connectivity index (χ4v) is 4.64. The van der Waals surface area contributed by atoms with Gasteiger partial charge in [-0.1, -0.05) is 24.3 Å². The van der Waals surface area contributed by atoms with Crippen LogP contribution in [-0.4, -0.2) is 21.4 Å². The summed E-state index contributed by atoms with van der Waals surface area (Å²) in [5.74, 6) is 0.278. The van der Waals surface area contributed by atoms with Crippen LogP contribution in [0.3, 0.4) is 0 Å². The zero-order chi connectivity index (χ0) is 20.7. The molecule has 3 aromatic rings. The molecule has 0 atom stereocenters. The van der Waals surface area contributed by atoms with Gasteiger partial charge in [-0.05, 0) is 54.6 Å². The van der Waals surface area contributed by atoms with E-state index in [-0.39, 0.29) is 10.8 Å². The molecule has 152 valence electrons. The summed E-state index contributed by atoms with van der Waals surface area (Å²) in [6.45, 7) is 0. The molecular weight excluding hydrogens is 408 g/mol. The highest BCUT2D eigenvalue weighted by Gasteiger charge is 2.17. The average molecular weight is 431 g/mol. The smallest absolute Gasteiger partial charge is 0.262 e. The molecular formula is C21H22N2O4S2. The molecule has 29 heavy (non-hydrogen) atoms. The highest BCUT2D eigenvalue weighted by Crippen LogP contribution is 2.27. The molecule has 8 heteroatoms. The standard InChI is InChI=1S/C21H22N2O4S2/c1-27-20-12-3-2-11-19(20)23-29(25,26)18-10-4-7-16(15-18)22-21(24)13-5-8-17-9-6-14-28-17/h2-4,6-7,9-12,14-15,23H,5,8,13H2,1H3,(H,22,24). The number of rotatable bonds is 9. The van der Waals surface area contributed by atoms with Crippen molar-refractivity contribution < 1.29 is 17.9 Å². The van der Waals surface area contributed by atoms with Crippen molar-refractivity contribution in [1.29, 1.82) is 0 Å². The number of carbonyl (C=O) groups excluding carboxylic acids is 1. The van der Waals surface area contributed by atoms with Crippen molar-refractivity contribution in [3.05, 3.63) is 70.9 Å². The second-order valence-corrected chi connectivity index (χ2v) is 9.03. The summed E-state index contributed by atoms with van der Waals surface area (Å²) in [4.78, 5) is 13.5. The summed E-state index contributed by atoms with van der Waals surface area (Å²) in [6.07, 6.45) is 1.95. The number of nitrogens with one attached hydrogen (secondary N) is 2. The number of sulfonamides is 1. The van der Waals surface area contributed by atoms with Gasteiger partial charge >= 0.3 is 0 Å². The van der Waals surface area contributed by atoms with Crippen molar-refractivity contribution in [2.75, 3.05) is 17.1 Å². The number of para-hydroxylation sites is 2. The van der Waals surface area contributed by atoms with Crippen molar-refractivity contribution >= 4 is 38.6 Å². The number of hydrogen-bond donors (Lipinski definition) is 2. The molecule has 1 aromatic heterocycles. The summed E-state index contributed by atoms with van der Waals surface area (Å²) < 4.78 is 33.2. The maximum Gasteiger partial charge on any atom is 0.262 e. The molecule has 2 aromatic carbocycles. The third-order valence-electron chi connectivity index (χ3n) is 4.19. The molecule has 6 nitrogen and oxygen atoms in total. The van der Waals surface area contributed by atoms with Gasteiger partial charge in [-0.25, -0.2) is 8.42 Å². The molecule has 0 aliphatic carbocycles. The van der Waals surface area contributed by atoms with Gasteiger partial charge in [0.25, 0.3) is 10.0 Å². The third kappa shape index (κ3) is 5.82. The molecule has 1 amide bonds. The fraction of sp³-hybridized carbons (Fsp3) is 0.190. The number of hydrogen-bond acceptors (Lipinski definition) is 5. The van der Waals surface area contributed by atoms with E-state index in [1.54, 1.807) is 47.7 Å². The summed E-state index contributed by atoms with van der Waals surface area (Å²) in [5, 5.41) is 4.78. The van der Waals surface area contributed by atoms with Crippen LogP contribution >= 0.6 is 11.3 Å². The zero-order valence-corrected chi connectivity index (χ0v) is 17.6. The van der Waals surface area contributed by atoms with Gasteiger partial charge in [0.15, 0.2) is 0 Å². The van der Waals surface area contributed by atoms with Gasteiger partial charge in [0.1, 0.15) is 5.75 Å². The maximum atomic E-state index is 12.7. The molecule has 0 spiro atoms. The van der Waals surface area contributed by atoms with Crippen LogP contribution in [0.15, 0.2) is 70.9 Å². The van der Waals surface area contributed by atoms with Crippen LogP contribution in [0.4, 0.5) is 11.4 Å². The Morgan fingerprint density at radius 2 is 1.90 bits per heavy atom. The van der Waals surface area contributed by atoms with Crippen LogP contribution in [0.2, 0.25) is 0 Å². The predicted molar refractivity (Wildman–Crippen MR) is 116 cm³/mol. The van der Waals surface area contributed by atoms with Crippen LogP contribution in [0, 0.1) is 0 Å². The van der Waals surface area contributed by atoms with E-state index in [2.05, 4.69) is 10.0 Å². The Hall–Kier alpha value is -2.84. The van der Waals surface area contributed by atoms with Gasteiger partial charge in [0.05, 0.1) is 17.7 Å². The van der Waals surface area contributed by atoms with E-state index in [0.29, 0.717) is 23.5 Å². The maximum absolute atomic E-state index is 12.7. The second-order valence-electron chi connectivity index (χ2n) is 6.31. The first kappa shape index (κ1) is 20.9. The van der Waals surface area contributed by atoms with Crippen LogP contribution in [0.5, 0.6) is 5.75 Å². The van der Waals surface area contributed by atoms with E-state index in [4.69, 9.17) is 4.74 Å². The summed E-state index contributed by atoms with van der Waals surface area (Å²) in [7, 11) is -2.36. The fourth-order valence-electron chi connectivity index (χ4n) is 2.78. The molecule has 0 fully saturated rings. The van der Waals surface area contributed by atoms with E-state index >= 15 is 0 Å². The summed E-state index contributed by atoms with van der Waals surface area (Å²) >= 11 is 1.67. The van der Waals surface area contributed by atoms with E-state index in [9.17, 15) is 13.2 Å². The summed E-state index contributed by atoms with van der Waals surface area (Å²) in [6, 6.07) is 17.0. The first-order chi connectivity index (χ1) is 14.0. The van der Waals surface area contributed by atoms with E-state index in [1.807, 2.05) is 17.5 Å². The molecule has 0 unspecified atom stereocenters. The number of aryl methyl sites for hydroxylation is 1. The highest BCUT2D eigenvalue weighted by atomic mass is 32.2. The van der Waals surface area contributed by atoms with E-state index < -0.39 is 10.0 Å². The second kappa shape index (κ2) is 9.58. The number of ether oxygens (including phenoxy) is 1. The number of carbonyl (C=O) groups is 1. The minimum Gasteiger partial charge on any atom is -0.495 e. The number of thiophene rings is 1. The number of amides is 1. The SMILES string of the molecule is COc1ccccc1NS(=O)(=O)c1cccc(NC(=O)CCCc2cccs2)c1. The molecule has 2 N–H and O–H groups in total. The van der Waals surface area contributed by atoms with Crippen molar-refractivity contribution in [3.8, 4) is 5.75 Å². The first-order valence-corrected chi connectivity index (χ1v) is 11.4.